The third-order valence-electron chi connectivity index (χ3n) is 0.399. The molecule has 0 radical (unpaired) electrons. The second-order valence-electron chi connectivity index (χ2n) is 1.35. The van der Waals surface area contributed by atoms with Crippen LogP contribution in [0.15, 0.2) is 0 Å². The first-order valence-corrected chi connectivity index (χ1v) is 3.11. The summed E-state index contributed by atoms with van der Waals surface area (Å²) in [6.07, 6.45) is -4.75. The lowest BCUT2D eigenvalue weighted by molar-refractivity contribution is -0.323. The van der Waals surface area contributed by atoms with E-state index in [1.54, 1.807) is 0 Å². The van der Waals surface area contributed by atoms with Crippen LogP contribution in [-0.4, -0.2) is 16.8 Å². The second kappa shape index (κ2) is 3.34. The number of ether oxygens (including phenoxy) is 1. The van der Waals surface area contributed by atoms with Crippen LogP contribution in [0.4, 0.5) is 13.2 Å². The fourth-order valence-electron chi connectivity index (χ4n) is 0.164. The van der Waals surface area contributed by atoms with Crippen LogP contribution < -0.4 is 0 Å². The summed E-state index contributed by atoms with van der Waals surface area (Å²) in [5, 5.41) is 0. The van der Waals surface area contributed by atoms with E-state index in [4.69, 9.17) is 34.8 Å². The van der Waals surface area contributed by atoms with Gasteiger partial charge in [-0.1, -0.05) is 34.8 Å². The van der Waals surface area contributed by atoms with Gasteiger partial charge in [-0.15, -0.1) is 13.2 Å². The van der Waals surface area contributed by atoms with E-state index < -0.39 is 16.8 Å². The van der Waals surface area contributed by atoms with Crippen molar-refractivity contribution in [1.82, 2.24) is 0 Å². The van der Waals surface area contributed by atoms with Gasteiger partial charge in [0.05, 0.1) is 0 Å². The van der Waals surface area contributed by atoms with Crippen molar-refractivity contribution in [3.63, 3.8) is 0 Å². The number of halogens is 6. The normalized spacial score (nSPS) is 13.8. The van der Waals surface area contributed by atoms with Crippen molar-refractivity contribution in [1.29, 1.82) is 0 Å². The highest BCUT2D eigenvalue weighted by molar-refractivity contribution is 6.67. The highest BCUT2D eigenvalue weighted by Gasteiger charge is 2.33. The molecule has 0 aliphatic rings. The molecule has 0 bridgehead atoms. The molecule has 0 heterocycles. The molecular formula is C3H2Cl3F3O. The van der Waals surface area contributed by atoms with Crippen molar-refractivity contribution in [2.45, 2.75) is 10.2 Å². The lowest BCUT2D eigenvalue weighted by Crippen LogP contribution is -2.22. The molecule has 0 aromatic heterocycles. The monoisotopic (exact) mass is 216 g/mol. The molecule has 0 aromatic rings. The largest absolute Gasteiger partial charge is 0.522 e. The molecule has 0 amide bonds. The molecule has 0 aliphatic heterocycles. The molecule has 1 nitrogen and oxygen atoms in total. The van der Waals surface area contributed by atoms with Crippen LogP contribution in [0, 0.1) is 0 Å². The lowest BCUT2D eigenvalue weighted by atomic mass is 10.8. The zero-order chi connectivity index (χ0) is 8.41. The average Bonchev–Trinajstić information content (AvgIpc) is 1.57. The molecule has 10 heavy (non-hydrogen) atoms. The summed E-state index contributed by atoms with van der Waals surface area (Å²) in [6, 6.07) is 0. The van der Waals surface area contributed by atoms with Crippen LogP contribution in [0.1, 0.15) is 0 Å². The van der Waals surface area contributed by atoms with E-state index in [-0.39, 0.29) is 0 Å². The van der Waals surface area contributed by atoms with Gasteiger partial charge >= 0.3 is 6.36 Å². The predicted molar refractivity (Wildman–Crippen MR) is 32.3 cm³/mol. The van der Waals surface area contributed by atoms with Gasteiger partial charge in [0.1, 0.15) is 6.61 Å². The third kappa shape index (κ3) is 8.62. The first-order valence-electron chi connectivity index (χ1n) is 1.98. The highest BCUT2D eigenvalue weighted by Crippen LogP contribution is 2.29. The quantitative estimate of drug-likeness (QED) is 0.614. The zero-order valence-electron chi connectivity index (χ0n) is 4.38. The third-order valence-corrected chi connectivity index (χ3v) is 0.727. The summed E-state index contributed by atoms with van der Waals surface area (Å²) < 4.78 is 34.7. The standard InChI is InChI=1S/C3H2Cl3F3O/c4-2(5,6)1-10-3(7,8)9/h1H2. The molecule has 0 aromatic carbocycles. The molecular weight excluding hydrogens is 215 g/mol. The number of rotatable bonds is 1. The molecule has 0 N–H and O–H groups in total. The first kappa shape index (κ1) is 10.6. The van der Waals surface area contributed by atoms with Crippen LogP contribution >= 0.6 is 34.8 Å². The van der Waals surface area contributed by atoms with E-state index in [1.165, 1.54) is 0 Å². The minimum atomic E-state index is -4.75. The van der Waals surface area contributed by atoms with Gasteiger partial charge in [0.25, 0.3) is 0 Å². The summed E-state index contributed by atoms with van der Waals surface area (Å²) in [5.41, 5.74) is 0. The summed E-state index contributed by atoms with van der Waals surface area (Å²) in [6.45, 7) is -0.999. The van der Waals surface area contributed by atoms with E-state index in [0.717, 1.165) is 0 Å². The average molecular weight is 217 g/mol. The van der Waals surface area contributed by atoms with Gasteiger partial charge in [0, 0.05) is 0 Å². The van der Waals surface area contributed by atoms with Crippen molar-refractivity contribution >= 4 is 34.8 Å². The van der Waals surface area contributed by atoms with Crippen LogP contribution in [0.25, 0.3) is 0 Å². The van der Waals surface area contributed by atoms with Crippen molar-refractivity contribution in [2.24, 2.45) is 0 Å². The Hall–Kier alpha value is 0.620. The van der Waals surface area contributed by atoms with E-state index in [2.05, 4.69) is 4.74 Å². The van der Waals surface area contributed by atoms with E-state index in [0.29, 0.717) is 0 Å². The van der Waals surface area contributed by atoms with E-state index in [1.807, 2.05) is 0 Å². The minimum absolute atomic E-state index is 0.999. The Kier molecular flexibility index (Phi) is 3.55. The molecule has 62 valence electrons. The lowest BCUT2D eigenvalue weighted by Gasteiger charge is -2.12. The maximum absolute atomic E-state index is 11.2. The van der Waals surface area contributed by atoms with Gasteiger partial charge in [-0.2, -0.15) is 0 Å². The van der Waals surface area contributed by atoms with E-state index >= 15 is 0 Å². The Morgan fingerprint density at radius 2 is 1.50 bits per heavy atom. The Labute approximate surface area is 70.0 Å². The highest BCUT2D eigenvalue weighted by atomic mass is 35.6. The molecule has 0 spiro atoms. The molecule has 0 saturated heterocycles. The minimum Gasteiger partial charge on any atom is -0.287 e. The Morgan fingerprint density at radius 1 is 1.10 bits per heavy atom. The number of hydrogen-bond acceptors (Lipinski definition) is 1. The van der Waals surface area contributed by atoms with Crippen LogP contribution in [0.3, 0.4) is 0 Å². The molecule has 0 rings (SSSR count). The number of hydrogen-bond donors (Lipinski definition) is 0. The smallest absolute Gasteiger partial charge is 0.287 e. The fourth-order valence-corrected chi connectivity index (χ4v) is 0.327. The SMILES string of the molecule is FC(F)(F)OCC(Cl)(Cl)Cl. The van der Waals surface area contributed by atoms with Crippen molar-refractivity contribution in [3.05, 3.63) is 0 Å². The summed E-state index contributed by atoms with van der Waals surface area (Å²) >= 11 is 14.8. The number of alkyl halides is 6. The molecule has 7 heteroatoms. The molecule has 0 fully saturated rings. The van der Waals surface area contributed by atoms with Crippen LogP contribution in [-0.2, 0) is 4.74 Å². The first-order chi connectivity index (χ1) is 4.21. The van der Waals surface area contributed by atoms with Gasteiger partial charge in [0.2, 0.25) is 3.79 Å². The second-order valence-corrected chi connectivity index (χ2v) is 3.87. The fraction of sp³-hybridized carbons (Fsp3) is 1.00. The Bertz CT molecular complexity index is 92.5. The Morgan fingerprint density at radius 3 is 1.60 bits per heavy atom. The maximum atomic E-state index is 11.2. The van der Waals surface area contributed by atoms with Crippen LogP contribution in [0.2, 0.25) is 0 Å². The van der Waals surface area contributed by atoms with Crippen molar-refractivity contribution in [3.8, 4) is 0 Å². The summed E-state index contributed by atoms with van der Waals surface area (Å²) in [7, 11) is 0. The van der Waals surface area contributed by atoms with Gasteiger partial charge in [-0.05, 0) is 0 Å². The summed E-state index contributed by atoms with van der Waals surface area (Å²) in [4.78, 5) is 0. The molecule has 0 unspecified atom stereocenters. The van der Waals surface area contributed by atoms with E-state index in [9.17, 15) is 13.2 Å². The summed E-state index contributed by atoms with van der Waals surface area (Å²) in [5.74, 6) is 0. The van der Waals surface area contributed by atoms with Gasteiger partial charge in [-0.3, -0.25) is 4.74 Å². The van der Waals surface area contributed by atoms with Gasteiger partial charge in [0.15, 0.2) is 0 Å². The van der Waals surface area contributed by atoms with Gasteiger partial charge in [-0.25, -0.2) is 0 Å². The van der Waals surface area contributed by atoms with Crippen molar-refractivity contribution < 1.29 is 17.9 Å². The predicted octanol–water partition coefficient (Wildman–Crippen LogP) is 2.89. The molecule has 0 saturated carbocycles. The maximum Gasteiger partial charge on any atom is 0.522 e. The van der Waals surface area contributed by atoms with Crippen molar-refractivity contribution in [2.75, 3.05) is 6.61 Å². The molecule has 0 atom stereocenters. The van der Waals surface area contributed by atoms with Crippen LogP contribution in [0.5, 0.6) is 0 Å². The zero-order valence-corrected chi connectivity index (χ0v) is 6.65. The molecule has 0 aliphatic carbocycles. The topological polar surface area (TPSA) is 9.23 Å². The Balaban J connectivity index is 3.56. The van der Waals surface area contributed by atoms with Gasteiger partial charge < -0.3 is 0 Å².